The molecule has 16 heavy (non-hydrogen) atoms. The van der Waals surface area contributed by atoms with Gasteiger partial charge in [-0.15, -0.1) is 0 Å². The Balaban J connectivity index is 4.23. The summed E-state index contributed by atoms with van der Waals surface area (Å²) in [5.41, 5.74) is 0. The first kappa shape index (κ1) is 15.8. The van der Waals surface area contributed by atoms with E-state index in [2.05, 4.69) is 0 Å². The highest BCUT2D eigenvalue weighted by Crippen LogP contribution is 2.48. The van der Waals surface area contributed by atoms with E-state index in [0.29, 0.717) is 6.42 Å². The molecule has 6 heteroatoms. The number of hydrogen-bond acceptors (Lipinski definition) is 5. The average molecular weight is 252 g/mol. The summed E-state index contributed by atoms with van der Waals surface area (Å²) >= 11 is 0. The average Bonchev–Trinajstić information content (AvgIpc) is 2.30. The zero-order chi connectivity index (χ0) is 12.6. The lowest BCUT2D eigenvalue weighted by molar-refractivity contribution is -0.132. The minimum atomic E-state index is -3.05. The molecule has 0 saturated carbocycles. The highest BCUT2D eigenvalue weighted by atomic mass is 31.2. The van der Waals surface area contributed by atoms with Gasteiger partial charge in [-0.05, 0) is 6.42 Å². The molecule has 0 radical (unpaired) electrons. The summed E-state index contributed by atoms with van der Waals surface area (Å²) in [6, 6.07) is 0. The zero-order valence-electron chi connectivity index (χ0n) is 10.5. The minimum Gasteiger partial charge on any atom is -0.356 e. The van der Waals surface area contributed by atoms with Crippen LogP contribution in [-0.2, 0) is 23.1 Å². The van der Waals surface area contributed by atoms with E-state index in [1.807, 2.05) is 6.92 Å². The van der Waals surface area contributed by atoms with Crippen molar-refractivity contribution in [1.29, 1.82) is 0 Å². The van der Waals surface area contributed by atoms with Gasteiger partial charge < -0.3 is 18.5 Å². The van der Waals surface area contributed by atoms with Gasteiger partial charge in [0.2, 0.25) is 0 Å². The van der Waals surface area contributed by atoms with Crippen LogP contribution in [0.1, 0.15) is 13.3 Å². The second-order valence-electron chi connectivity index (χ2n) is 3.34. The van der Waals surface area contributed by atoms with Crippen LogP contribution in [0.5, 0.6) is 0 Å². The Labute approximate surface area is 97.3 Å². The summed E-state index contributed by atoms with van der Waals surface area (Å²) in [7, 11) is 2.83. The number of methoxy groups -OCH3 is 2. The van der Waals surface area contributed by atoms with Crippen molar-refractivity contribution in [2.45, 2.75) is 19.6 Å². The lowest BCUT2D eigenvalue weighted by atomic mass is 10.1. The van der Waals surface area contributed by atoms with Crippen molar-refractivity contribution in [2.75, 3.05) is 28.4 Å². The molecule has 0 amide bonds. The number of rotatable bonds is 8. The first-order valence-corrected chi connectivity index (χ1v) is 6.58. The molecule has 0 aliphatic rings. The van der Waals surface area contributed by atoms with Gasteiger partial charge in [-0.1, -0.05) is 13.0 Å². The maximum Gasteiger partial charge on any atom is 0.353 e. The smallest absolute Gasteiger partial charge is 0.353 e. The van der Waals surface area contributed by atoms with E-state index in [0.717, 1.165) is 0 Å². The molecular weight excluding hydrogens is 231 g/mol. The van der Waals surface area contributed by atoms with Crippen molar-refractivity contribution in [3.8, 4) is 0 Å². The predicted octanol–water partition coefficient (Wildman–Crippen LogP) is 2.63. The van der Waals surface area contributed by atoms with Crippen molar-refractivity contribution in [3.63, 3.8) is 0 Å². The molecule has 5 nitrogen and oxygen atoms in total. The standard InChI is InChI=1S/C10H21O5P/c1-9(10(12-2)13-3)7-6-8-16(11,14-4)15-5/h6,8-10H,7H2,1-5H3. The highest BCUT2D eigenvalue weighted by molar-refractivity contribution is 7.57. The van der Waals surface area contributed by atoms with Gasteiger partial charge in [-0.2, -0.15) is 0 Å². The molecular formula is C10H21O5P. The molecule has 0 aromatic rings. The van der Waals surface area contributed by atoms with Crippen molar-refractivity contribution >= 4 is 7.60 Å². The second-order valence-corrected chi connectivity index (χ2v) is 5.45. The number of allylic oxidation sites excluding steroid dienone is 1. The molecule has 0 aromatic carbocycles. The van der Waals surface area contributed by atoms with E-state index in [1.54, 1.807) is 20.3 Å². The highest BCUT2D eigenvalue weighted by Gasteiger charge is 2.17. The summed E-state index contributed by atoms with van der Waals surface area (Å²) in [5, 5.41) is 0. The van der Waals surface area contributed by atoms with E-state index in [9.17, 15) is 4.57 Å². The van der Waals surface area contributed by atoms with Crippen LogP contribution in [0, 0.1) is 5.92 Å². The molecule has 0 heterocycles. The molecule has 1 unspecified atom stereocenters. The van der Waals surface area contributed by atoms with Gasteiger partial charge in [-0.3, -0.25) is 4.57 Å². The van der Waals surface area contributed by atoms with Crippen LogP contribution in [-0.4, -0.2) is 34.7 Å². The van der Waals surface area contributed by atoms with Gasteiger partial charge in [-0.25, -0.2) is 0 Å². The Morgan fingerprint density at radius 3 is 2.00 bits per heavy atom. The van der Waals surface area contributed by atoms with Gasteiger partial charge in [0, 0.05) is 40.2 Å². The molecule has 0 fully saturated rings. The van der Waals surface area contributed by atoms with Crippen LogP contribution in [0.15, 0.2) is 11.9 Å². The minimum absolute atomic E-state index is 0.161. The summed E-state index contributed by atoms with van der Waals surface area (Å²) in [6.45, 7) is 1.98. The molecule has 1 atom stereocenters. The third-order valence-corrected chi connectivity index (χ3v) is 3.83. The Kier molecular flexibility index (Phi) is 7.89. The van der Waals surface area contributed by atoms with Crippen molar-refractivity contribution in [3.05, 3.63) is 11.9 Å². The van der Waals surface area contributed by atoms with Crippen LogP contribution in [0.4, 0.5) is 0 Å². The predicted molar refractivity (Wildman–Crippen MR) is 62.4 cm³/mol. The molecule has 0 N–H and O–H groups in total. The topological polar surface area (TPSA) is 54.0 Å². The number of hydrogen-bond donors (Lipinski definition) is 0. The van der Waals surface area contributed by atoms with Gasteiger partial charge in [0.1, 0.15) is 0 Å². The second kappa shape index (κ2) is 7.98. The quantitative estimate of drug-likeness (QED) is 0.491. The fourth-order valence-corrected chi connectivity index (χ4v) is 2.05. The largest absolute Gasteiger partial charge is 0.356 e. The Morgan fingerprint density at radius 1 is 1.12 bits per heavy atom. The lowest BCUT2D eigenvalue weighted by Crippen LogP contribution is -2.21. The third-order valence-electron chi connectivity index (χ3n) is 2.23. The van der Waals surface area contributed by atoms with Crippen LogP contribution < -0.4 is 0 Å². The van der Waals surface area contributed by atoms with Crippen molar-refractivity contribution < 1.29 is 23.1 Å². The van der Waals surface area contributed by atoms with E-state index in [1.165, 1.54) is 20.0 Å². The van der Waals surface area contributed by atoms with Crippen molar-refractivity contribution in [1.82, 2.24) is 0 Å². The zero-order valence-corrected chi connectivity index (χ0v) is 11.4. The fourth-order valence-electron chi connectivity index (χ4n) is 1.27. The van der Waals surface area contributed by atoms with Crippen LogP contribution in [0.25, 0.3) is 0 Å². The fraction of sp³-hybridized carbons (Fsp3) is 0.800. The molecule has 0 aliphatic heterocycles. The molecule has 0 rings (SSSR count). The van der Waals surface area contributed by atoms with Gasteiger partial charge in [0.15, 0.2) is 6.29 Å². The third kappa shape index (κ3) is 5.23. The summed E-state index contributed by atoms with van der Waals surface area (Å²) in [4.78, 5) is 0. The monoisotopic (exact) mass is 252 g/mol. The molecule has 0 spiro atoms. The summed E-state index contributed by atoms with van der Waals surface area (Å²) in [6.07, 6.45) is 2.15. The summed E-state index contributed by atoms with van der Waals surface area (Å²) < 4.78 is 31.4. The molecule has 0 saturated heterocycles. The molecule has 0 aliphatic carbocycles. The molecule has 0 bridgehead atoms. The van der Waals surface area contributed by atoms with E-state index < -0.39 is 7.60 Å². The summed E-state index contributed by atoms with van der Waals surface area (Å²) in [5.74, 6) is 1.61. The normalized spacial score (nSPS) is 14.9. The molecule has 96 valence electrons. The van der Waals surface area contributed by atoms with Gasteiger partial charge >= 0.3 is 7.60 Å². The Hall–Kier alpha value is -0.190. The van der Waals surface area contributed by atoms with Crippen LogP contribution >= 0.6 is 7.60 Å². The van der Waals surface area contributed by atoms with E-state index >= 15 is 0 Å². The van der Waals surface area contributed by atoms with Crippen molar-refractivity contribution in [2.24, 2.45) is 5.92 Å². The Bertz CT molecular complexity index is 242. The first-order valence-electron chi connectivity index (χ1n) is 4.97. The van der Waals surface area contributed by atoms with E-state index in [4.69, 9.17) is 18.5 Å². The Morgan fingerprint density at radius 2 is 1.62 bits per heavy atom. The van der Waals surface area contributed by atoms with Crippen LogP contribution in [0.2, 0.25) is 0 Å². The maximum atomic E-state index is 11.6. The van der Waals surface area contributed by atoms with Gasteiger partial charge in [0.05, 0.1) is 0 Å². The molecule has 0 aromatic heterocycles. The van der Waals surface area contributed by atoms with Gasteiger partial charge in [0.25, 0.3) is 0 Å². The SMILES string of the molecule is COC(OC)C(C)CC=CP(=O)(OC)OC. The van der Waals surface area contributed by atoms with Crippen LogP contribution in [0.3, 0.4) is 0 Å². The lowest BCUT2D eigenvalue weighted by Gasteiger charge is -2.19. The number of ether oxygens (including phenoxy) is 2. The maximum absolute atomic E-state index is 11.6. The van der Waals surface area contributed by atoms with E-state index in [-0.39, 0.29) is 12.2 Å². The first-order chi connectivity index (χ1) is 7.52.